The van der Waals surface area contributed by atoms with Crippen LogP contribution in [0.25, 0.3) is 0 Å². The zero-order chi connectivity index (χ0) is 18.5. The van der Waals surface area contributed by atoms with Crippen LogP contribution in [0.4, 0.5) is 0 Å². The van der Waals surface area contributed by atoms with Crippen LogP contribution >= 0.6 is 0 Å². The van der Waals surface area contributed by atoms with Gasteiger partial charge in [-0.25, -0.2) is 0 Å². The van der Waals surface area contributed by atoms with Crippen molar-refractivity contribution in [2.45, 2.75) is 59.7 Å². The molecule has 0 aliphatic carbocycles. The number of hydrogen-bond acceptors (Lipinski definition) is 4. The summed E-state index contributed by atoms with van der Waals surface area (Å²) in [6.07, 6.45) is 2.33. The topological polar surface area (TPSA) is 51.5 Å². The lowest BCUT2D eigenvalue weighted by Crippen LogP contribution is -2.35. The molecule has 136 valence electrons. The van der Waals surface area contributed by atoms with Crippen LogP contribution in [0.1, 0.15) is 51.5 Å². The predicted molar refractivity (Wildman–Crippen MR) is 99.0 cm³/mol. The number of benzene rings is 1. The number of carbonyl (C=O) groups excluding carboxylic acids is 1. The Balaban J connectivity index is 1.87. The van der Waals surface area contributed by atoms with E-state index in [2.05, 4.69) is 29.6 Å². The second kappa shape index (κ2) is 7.87. The molecule has 1 heterocycles. The number of ether oxygens (including phenoxy) is 1. The molecule has 1 N–H and O–H groups in total. The van der Waals surface area contributed by atoms with Crippen LogP contribution in [0.2, 0.25) is 0 Å². The SMILES string of the molecule is CC(C)(C)OC(=O)C(C)(C)Cc1ccc(CNCc2ccco2)cc1. The van der Waals surface area contributed by atoms with Gasteiger partial charge in [-0.05, 0) is 64.3 Å². The molecule has 0 unspecified atom stereocenters. The average Bonchev–Trinajstić information content (AvgIpc) is 3.00. The van der Waals surface area contributed by atoms with Crippen molar-refractivity contribution >= 4 is 5.97 Å². The van der Waals surface area contributed by atoms with E-state index in [0.717, 1.165) is 17.9 Å². The second-order valence-corrected chi connectivity index (χ2v) is 8.06. The summed E-state index contributed by atoms with van der Waals surface area (Å²) in [7, 11) is 0. The summed E-state index contributed by atoms with van der Waals surface area (Å²) in [6, 6.07) is 12.2. The lowest BCUT2D eigenvalue weighted by atomic mass is 9.85. The van der Waals surface area contributed by atoms with Gasteiger partial charge < -0.3 is 14.5 Å². The van der Waals surface area contributed by atoms with Crippen LogP contribution in [0.15, 0.2) is 47.1 Å². The fraction of sp³-hybridized carbons (Fsp3) is 0.476. The van der Waals surface area contributed by atoms with Gasteiger partial charge in [0.15, 0.2) is 0 Å². The molecule has 1 aromatic carbocycles. The summed E-state index contributed by atoms with van der Waals surface area (Å²) >= 11 is 0. The van der Waals surface area contributed by atoms with Gasteiger partial charge in [0.2, 0.25) is 0 Å². The molecule has 0 spiro atoms. The zero-order valence-corrected chi connectivity index (χ0v) is 15.9. The van der Waals surface area contributed by atoms with Gasteiger partial charge in [-0.1, -0.05) is 24.3 Å². The molecule has 0 aliphatic rings. The van der Waals surface area contributed by atoms with Crippen molar-refractivity contribution in [3.05, 3.63) is 59.5 Å². The summed E-state index contributed by atoms with van der Waals surface area (Å²) in [5, 5.41) is 3.35. The van der Waals surface area contributed by atoms with Crippen molar-refractivity contribution < 1.29 is 13.9 Å². The Bertz CT molecular complexity index is 664. The molecule has 4 nitrogen and oxygen atoms in total. The Labute approximate surface area is 150 Å². The molecular formula is C21H29NO3. The summed E-state index contributed by atoms with van der Waals surface area (Å²) in [4.78, 5) is 12.4. The lowest BCUT2D eigenvalue weighted by Gasteiger charge is -2.28. The number of nitrogens with one attached hydrogen (secondary N) is 1. The highest BCUT2D eigenvalue weighted by molar-refractivity contribution is 5.76. The second-order valence-electron chi connectivity index (χ2n) is 8.06. The van der Waals surface area contributed by atoms with Gasteiger partial charge in [0.05, 0.1) is 18.2 Å². The normalized spacial score (nSPS) is 12.2. The maximum absolute atomic E-state index is 12.4. The molecular weight excluding hydrogens is 314 g/mol. The molecule has 0 saturated carbocycles. The lowest BCUT2D eigenvalue weighted by molar-refractivity contribution is -0.165. The minimum Gasteiger partial charge on any atom is -0.468 e. The largest absolute Gasteiger partial charge is 0.468 e. The van der Waals surface area contributed by atoms with E-state index < -0.39 is 11.0 Å². The molecule has 0 aliphatic heterocycles. The third-order valence-corrected chi connectivity index (χ3v) is 3.83. The van der Waals surface area contributed by atoms with Gasteiger partial charge in [-0.2, -0.15) is 0 Å². The first-order valence-corrected chi connectivity index (χ1v) is 8.70. The van der Waals surface area contributed by atoms with Gasteiger partial charge in [0, 0.05) is 6.54 Å². The Hall–Kier alpha value is -2.07. The minimum atomic E-state index is -0.549. The van der Waals surface area contributed by atoms with Crippen LogP contribution in [-0.2, 0) is 29.0 Å². The maximum atomic E-state index is 12.4. The number of carbonyl (C=O) groups is 1. The molecule has 0 bridgehead atoms. The monoisotopic (exact) mass is 343 g/mol. The summed E-state index contributed by atoms with van der Waals surface area (Å²) in [6.45, 7) is 11.0. The summed E-state index contributed by atoms with van der Waals surface area (Å²) in [5.41, 5.74) is 1.32. The molecule has 0 radical (unpaired) electrons. The number of furan rings is 1. The maximum Gasteiger partial charge on any atom is 0.312 e. The first-order valence-electron chi connectivity index (χ1n) is 8.70. The fourth-order valence-electron chi connectivity index (χ4n) is 2.52. The highest BCUT2D eigenvalue weighted by Crippen LogP contribution is 2.26. The van der Waals surface area contributed by atoms with Crippen molar-refractivity contribution in [3.8, 4) is 0 Å². The molecule has 2 aromatic rings. The highest BCUT2D eigenvalue weighted by atomic mass is 16.6. The molecule has 1 aromatic heterocycles. The standard InChI is InChI=1S/C21H29NO3/c1-20(2,3)25-19(23)21(4,5)13-16-8-10-17(11-9-16)14-22-15-18-7-6-12-24-18/h6-12,22H,13-15H2,1-5H3. The highest BCUT2D eigenvalue weighted by Gasteiger charge is 2.32. The molecule has 25 heavy (non-hydrogen) atoms. The Morgan fingerprint density at radius 3 is 2.20 bits per heavy atom. The van der Waals surface area contributed by atoms with Crippen LogP contribution in [-0.4, -0.2) is 11.6 Å². The molecule has 2 rings (SSSR count). The van der Waals surface area contributed by atoms with E-state index in [1.54, 1.807) is 6.26 Å². The van der Waals surface area contributed by atoms with Crippen molar-refractivity contribution in [3.63, 3.8) is 0 Å². The van der Waals surface area contributed by atoms with Gasteiger partial charge in [0.25, 0.3) is 0 Å². The average molecular weight is 343 g/mol. The number of hydrogen-bond donors (Lipinski definition) is 1. The Morgan fingerprint density at radius 1 is 1.00 bits per heavy atom. The van der Waals surface area contributed by atoms with Crippen molar-refractivity contribution in [2.75, 3.05) is 0 Å². The smallest absolute Gasteiger partial charge is 0.312 e. The van der Waals surface area contributed by atoms with Gasteiger partial charge in [0.1, 0.15) is 11.4 Å². The molecule has 0 saturated heterocycles. The summed E-state index contributed by atoms with van der Waals surface area (Å²) in [5.74, 6) is 0.764. The third kappa shape index (κ3) is 6.39. The van der Waals surface area contributed by atoms with Gasteiger partial charge in [-0.3, -0.25) is 4.79 Å². The van der Waals surface area contributed by atoms with E-state index in [1.807, 2.05) is 46.8 Å². The Morgan fingerprint density at radius 2 is 1.64 bits per heavy atom. The molecule has 0 amide bonds. The van der Waals surface area contributed by atoms with Crippen LogP contribution in [0.3, 0.4) is 0 Å². The minimum absolute atomic E-state index is 0.163. The zero-order valence-electron chi connectivity index (χ0n) is 15.9. The van der Waals surface area contributed by atoms with E-state index in [4.69, 9.17) is 9.15 Å². The quantitative estimate of drug-likeness (QED) is 0.753. The van der Waals surface area contributed by atoms with Crippen molar-refractivity contribution in [2.24, 2.45) is 5.41 Å². The van der Waals surface area contributed by atoms with E-state index in [-0.39, 0.29) is 5.97 Å². The van der Waals surface area contributed by atoms with Crippen LogP contribution in [0.5, 0.6) is 0 Å². The van der Waals surface area contributed by atoms with Crippen LogP contribution in [0, 0.1) is 5.41 Å². The Kier molecular flexibility index (Phi) is 6.07. The summed E-state index contributed by atoms with van der Waals surface area (Å²) < 4.78 is 10.8. The van der Waals surface area contributed by atoms with E-state index in [9.17, 15) is 4.79 Å². The first-order chi connectivity index (χ1) is 11.7. The van der Waals surface area contributed by atoms with Crippen LogP contribution < -0.4 is 5.32 Å². The molecule has 4 heteroatoms. The predicted octanol–water partition coefficient (Wildman–Crippen LogP) is 4.48. The molecule has 0 atom stereocenters. The van der Waals surface area contributed by atoms with Crippen molar-refractivity contribution in [1.29, 1.82) is 0 Å². The van der Waals surface area contributed by atoms with E-state index in [1.165, 1.54) is 5.56 Å². The van der Waals surface area contributed by atoms with Crippen molar-refractivity contribution in [1.82, 2.24) is 5.32 Å². The van der Waals surface area contributed by atoms with Gasteiger partial charge >= 0.3 is 5.97 Å². The van der Waals surface area contributed by atoms with Gasteiger partial charge in [-0.15, -0.1) is 0 Å². The van der Waals surface area contributed by atoms with E-state index >= 15 is 0 Å². The van der Waals surface area contributed by atoms with E-state index in [0.29, 0.717) is 13.0 Å². The first kappa shape index (κ1) is 19.3. The molecule has 0 fully saturated rings. The number of esters is 1. The third-order valence-electron chi connectivity index (χ3n) is 3.83. The number of rotatable bonds is 7. The fourth-order valence-corrected chi connectivity index (χ4v) is 2.52.